The Kier molecular flexibility index (Phi) is 4.65. The summed E-state index contributed by atoms with van der Waals surface area (Å²) in [7, 11) is 0. The Morgan fingerprint density at radius 1 is 0.923 bits per heavy atom. The number of nitrogens with one attached hydrogen (secondary N) is 1. The number of hydrogen-bond acceptors (Lipinski definition) is 2. The Bertz CT molecular complexity index is 1010. The summed E-state index contributed by atoms with van der Waals surface area (Å²) in [5.41, 5.74) is 3.05. The maximum Gasteiger partial charge on any atom is 0.262 e. The van der Waals surface area contributed by atoms with E-state index in [-0.39, 0.29) is 12.1 Å². The van der Waals surface area contributed by atoms with Crippen molar-refractivity contribution in [2.24, 2.45) is 0 Å². The van der Waals surface area contributed by atoms with Gasteiger partial charge in [0.05, 0.1) is 15.6 Å². The van der Waals surface area contributed by atoms with Gasteiger partial charge in [-0.25, -0.2) is 0 Å². The fourth-order valence-electron chi connectivity index (χ4n) is 3.06. The molecule has 130 valence electrons. The molecule has 3 nitrogen and oxygen atoms in total. The first-order chi connectivity index (χ1) is 12.5. The Labute approximate surface area is 169 Å². The van der Waals surface area contributed by atoms with E-state index in [0.717, 1.165) is 15.7 Å². The van der Waals surface area contributed by atoms with Crippen LogP contribution >= 0.6 is 39.1 Å². The first-order valence-electron chi connectivity index (χ1n) is 7.94. The maximum atomic E-state index is 13.3. The zero-order valence-corrected chi connectivity index (χ0v) is 16.5. The number of carbonyl (C=O) groups excluding carboxylic acids is 1. The molecule has 0 bridgehead atoms. The zero-order chi connectivity index (χ0) is 18.3. The minimum atomic E-state index is -0.368. The van der Waals surface area contributed by atoms with Crippen LogP contribution in [-0.2, 0) is 0 Å². The highest BCUT2D eigenvalue weighted by atomic mass is 79.9. The summed E-state index contributed by atoms with van der Waals surface area (Å²) in [6.07, 6.45) is -0.368. The van der Waals surface area contributed by atoms with Crippen molar-refractivity contribution >= 4 is 56.4 Å². The molecule has 1 unspecified atom stereocenters. The van der Waals surface area contributed by atoms with Crippen LogP contribution in [0.5, 0.6) is 0 Å². The Morgan fingerprint density at radius 3 is 2.50 bits per heavy atom. The largest absolute Gasteiger partial charge is 0.360 e. The average Bonchev–Trinajstić information content (AvgIpc) is 2.64. The predicted molar refractivity (Wildman–Crippen MR) is 110 cm³/mol. The van der Waals surface area contributed by atoms with E-state index in [2.05, 4.69) is 21.2 Å². The third kappa shape index (κ3) is 3.09. The zero-order valence-electron chi connectivity index (χ0n) is 13.4. The van der Waals surface area contributed by atoms with Gasteiger partial charge < -0.3 is 5.32 Å². The molecule has 0 spiro atoms. The summed E-state index contributed by atoms with van der Waals surface area (Å²) in [6.45, 7) is 0. The lowest BCUT2D eigenvalue weighted by Crippen LogP contribution is -2.43. The molecule has 4 rings (SSSR count). The SMILES string of the molecule is O=C1c2ccccc2NC(c2cccc(Br)c2)N1c1ccc(Cl)c(Cl)c1. The number of nitrogens with zero attached hydrogens (tertiary/aromatic N) is 1. The van der Waals surface area contributed by atoms with Gasteiger partial charge in [0, 0.05) is 15.8 Å². The summed E-state index contributed by atoms with van der Waals surface area (Å²) < 4.78 is 0.942. The van der Waals surface area contributed by atoms with E-state index in [1.165, 1.54) is 0 Å². The number of fused-ring (bicyclic) bond motifs is 1. The van der Waals surface area contributed by atoms with Crippen LogP contribution in [0.15, 0.2) is 71.2 Å². The fourth-order valence-corrected chi connectivity index (χ4v) is 3.77. The molecule has 6 heteroatoms. The normalized spacial score (nSPS) is 16.2. The molecule has 0 saturated carbocycles. The second-order valence-electron chi connectivity index (χ2n) is 5.92. The van der Waals surface area contributed by atoms with E-state index >= 15 is 0 Å². The van der Waals surface area contributed by atoms with Crippen LogP contribution in [0.3, 0.4) is 0 Å². The van der Waals surface area contributed by atoms with Crippen molar-refractivity contribution < 1.29 is 4.79 Å². The number of benzene rings is 3. The molecule has 0 saturated heterocycles. The number of halogens is 3. The van der Waals surface area contributed by atoms with E-state index in [4.69, 9.17) is 23.2 Å². The second-order valence-corrected chi connectivity index (χ2v) is 7.65. The van der Waals surface area contributed by atoms with E-state index < -0.39 is 0 Å². The summed E-state index contributed by atoms with van der Waals surface area (Å²) in [5.74, 6) is -0.0947. The topological polar surface area (TPSA) is 32.3 Å². The van der Waals surface area contributed by atoms with Gasteiger partial charge in [-0.3, -0.25) is 9.69 Å². The molecular weight excluding hydrogens is 435 g/mol. The van der Waals surface area contributed by atoms with Crippen molar-refractivity contribution in [3.8, 4) is 0 Å². The van der Waals surface area contributed by atoms with Gasteiger partial charge in [-0.15, -0.1) is 0 Å². The molecule has 3 aromatic carbocycles. The lowest BCUT2D eigenvalue weighted by molar-refractivity contribution is 0.0975. The molecular formula is C20H13BrCl2N2O. The molecule has 3 aromatic rings. The van der Waals surface area contributed by atoms with E-state index in [0.29, 0.717) is 21.3 Å². The van der Waals surface area contributed by atoms with Gasteiger partial charge in [0.2, 0.25) is 0 Å². The monoisotopic (exact) mass is 446 g/mol. The van der Waals surface area contributed by atoms with Crippen molar-refractivity contribution in [1.82, 2.24) is 0 Å². The lowest BCUT2D eigenvalue weighted by Gasteiger charge is -2.38. The first-order valence-corrected chi connectivity index (χ1v) is 9.49. The highest BCUT2D eigenvalue weighted by Gasteiger charge is 2.34. The minimum absolute atomic E-state index is 0.0947. The lowest BCUT2D eigenvalue weighted by atomic mass is 10.0. The predicted octanol–water partition coefficient (Wildman–Crippen LogP) is 6.53. The Morgan fingerprint density at radius 2 is 1.73 bits per heavy atom. The maximum absolute atomic E-state index is 13.3. The molecule has 0 radical (unpaired) electrons. The van der Waals surface area contributed by atoms with Gasteiger partial charge in [0.25, 0.3) is 5.91 Å². The molecule has 1 heterocycles. The van der Waals surface area contributed by atoms with Crippen LogP contribution in [0, 0.1) is 0 Å². The van der Waals surface area contributed by atoms with Crippen LogP contribution in [0.1, 0.15) is 22.1 Å². The van der Waals surface area contributed by atoms with Gasteiger partial charge >= 0.3 is 0 Å². The molecule has 26 heavy (non-hydrogen) atoms. The number of anilines is 2. The molecule has 1 aliphatic heterocycles. The summed E-state index contributed by atoms with van der Waals surface area (Å²) in [4.78, 5) is 15.0. The molecule has 0 aromatic heterocycles. The number of para-hydroxylation sites is 1. The standard InChI is InChI=1S/C20H13BrCl2N2O/c21-13-5-3-4-12(10-13)19-24-18-7-2-1-6-15(18)20(26)25(19)14-8-9-16(22)17(23)11-14/h1-11,19,24H. The van der Waals surface area contributed by atoms with Gasteiger partial charge in [-0.1, -0.05) is 63.4 Å². The number of carbonyl (C=O) groups is 1. The molecule has 1 amide bonds. The fraction of sp³-hybridized carbons (Fsp3) is 0.0500. The summed E-state index contributed by atoms with van der Waals surface area (Å²) in [6, 6.07) is 20.6. The molecule has 0 fully saturated rings. The van der Waals surface area contributed by atoms with E-state index in [9.17, 15) is 4.79 Å². The molecule has 1 N–H and O–H groups in total. The second kappa shape index (κ2) is 6.95. The van der Waals surface area contributed by atoms with Gasteiger partial charge in [-0.2, -0.15) is 0 Å². The van der Waals surface area contributed by atoms with Crippen molar-refractivity contribution in [3.63, 3.8) is 0 Å². The van der Waals surface area contributed by atoms with Crippen LogP contribution in [0.25, 0.3) is 0 Å². The molecule has 0 aliphatic carbocycles. The molecule has 1 aliphatic rings. The number of rotatable bonds is 2. The van der Waals surface area contributed by atoms with Crippen molar-refractivity contribution in [2.75, 3.05) is 10.2 Å². The highest BCUT2D eigenvalue weighted by molar-refractivity contribution is 9.10. The molecule has 1 atom stereocenters. The summed E-state index contributed by atoms with van der Waals surface area (Å²) >= 11 is 15.8. The van der Waals surface area contributed by atoms with E-state index in [1.807, 2.05) is 48.5 Å². The van der Waals surface area contributed by atoms with Crippen molar-refractivity contribution in [2.45, 2.75) is 6.17 Å². The third-order valence-corrected chi connectivity index (χ3v) is 5.50. The Hall–Kier alpha value is -2.01. The average molecular weight is 448 g/mol. The first kappa shape index (κ1) is 17.4. The van der Waals surface area contributed by atoms with Crippen molar-refractivity contribution in [1.29, 1.82) is 0 Å². The van der Waals surface area contributed by atoms with Crippen LogP contribution in [-0.4, -0.2) is 5.91 Å². The van der Waals surface area contributed by atoms with Gasteiger partial charge in [0.1, 0.15) is 6.17 Å². The van der Waals surface area contributed by atoms with Crippen LogP contribution < -0.4 is 10.2 Å². The van der Waals surface area contributed by atoms with Gasteiger partial charge in [-0.05, 0) is 48.0 Å². The minimum Gasteiger partial charge on any atom is -0.360 e. The summed E-state index contributed by atoms with van der Waals surface area (Å²) in [5, 5.41) is 4.32. The Balaban J connectivity index is 1.88. The third-order valence-electron chi connectivity index (χ3n) is 4.27. The quantitative estimate of drug-likeness (QED) is 0.484. The smallest absolute Gasteiger partial charge is 0.262 e. The van der Waals surface area contributed by atoms with Crippen LogP contribution in [0.2, 0.25) is 10.0 Å². The van der Waals surface area contributed by atoms with E-state index in [1.54, 1.807) is 23.1 Å². The van der Waals surface area contributed by atoms with Crippen molar-refractivity contribution in [3.05, 3.63) is 92.4 Å². The number of amides is 1. The van der Waals surface area contributed by atoms with Gasteiger partial charge in [0.15, 0.2) is 0 Å². The number of hydrogen-bond donors (Lipinski definition) is 1. The van der Waals surface area contributed by atoms with Crippen LogP contribution in [0.4, 0.5) is 11.4 Å². The highest BCUT2D eigenvalue weighted by Crippen LogP contribution is 2.38.